The van der Waals surface area contributed by atoms with Crippen LogP contribution in [0, 0.1) is 5.92 Å². The van der Waals surface area contributed by atoms with Gasteiger partial charge in [0, 0.05) is 25.6 Å². The predicted molar refractivity (Wildman–Crippen MR) is 109 cm³/mol. The summed E-state index contributed by atoms with van der Waals surface area (Å²) in [5.41, 5.74) is 2.16. The lowest BCUT2D eigenvalue weighted by atomic mass is 9.99. The van der Waals surface area contributed by atoms with Crippen LogP contribution < -0.4 is 15.4 Å². The van der Waals surface area contributed by atoms with Gasteiger partial charge in [0.2, 0.25) is 5.91 Å². The van der Waals surface area contributed by atoms with Crippen LogP contribution in [0.5, 0.6) is 5.75 Å². The number of hydrogen-bond donors (Lipinski definition) is 3. The monoisotopic (exact) mass is 398 g/mol. The molecule has 0 saturated carbocycles. The van der Waals surface area contributed by atoms with Gasteiger partial charge in [-0.2, -0.15) is 0 Å². The number of ether oxygens (including phenoxy) is 1. The van der Waals surface area contributed by atoms with Gasteiger partial charge in [0.05, 0.1) is 12.5 Å². The summed E-state index contributed by atoms with van der Waals surface area (Å²) in [7, 11) is 0. The number of amides is 2. The molecule has 0 fully saturated rings. The molecule has 3 N–H and O–H groups in total. The Bertz CT molecular complexity index is 831. The molecular formula is C22H26N2O5. The van der Waals surface area contributed by atoms with Crippen molar-refractivity contribution in [2.45, 2.75) is 26.8 Å². The summed E-state index contributed by atoms with van der Waals surface area (Å²) in [5.74, 6) is -1.44. The van der Waals surface area contributed by atoms with Crippen LogP contribution >= 0.6 is 0 Å². The van der Waals surface area contributed by atoms with Crippen LogP contribution in [-0.4, -0.2) is 36.0 Å². The first-order chi connectivity index (χ1) is 13.9. The number of carboxylic acids is 1. The summed E-state index contributed by atoms with van der Waals surface area (Å²) in [6.45, 7) is 4.31. The van der Waals surface area contributed by atoms with E-state index in [4.69, 9.17) is 4.74 Å². The molecule has 0 heterocycles. The zero-order valence-electron chi connectivity index (χ0n) is 16.6. The molecule has 0 aliphatic heterocycles. The van der Waals surface area contributed by atoms with Crippen LogP contribution in [0.4, 0.5) is 0 Å². The van der Waals surface area contributed by atoms with E-state index in [-0.39, 0.29) is 18.4 Å². The molecule has 2 aromatic rings. The molecule has 29 heavy (non-hydrogen) atoms. The normalized spacial score (nSPS) is 11.4. The zero-order chi connectivity index (χ0) is 21.2. The molecule has 2 amide bonds. The molecule has 0 saturated heterocycles. The van der Waals surface area contributed by atoms with Crippen molar-refractivity contribution in [2.24, 2.45) is 5.92 Å². The molecule has 1 unspecified atom stereocenters. The van der Waals surface area contributed by atoms with Crippen LogP contribution in [0.15, 0.2) is 48.5 Å². The van der Waals surface area contributed by atoms with Crippen LogP contribution in [0.3, 0.4) is 0 Å². The Kier molecular flexibility index (Phi) is 8.21. The van der Waals surface area contributed by atoms with Crippen LogP contribution in [0.1, 0.15) is 35.3 Å². The molecule has 2 aromatic carbocycles. The van der Waals surface area contributed by atoms with Gasteiger partial charge < -0.3 is 20.5 Å². The molecule has 7 heteroatoms. The van der Waals surface area contributed by atoms with Gasteiger partial charge in [-0.15, -0.1) is 0 Å². The quantitative estimate of drug-likeness (QED) is 0.570. The SMILES string of the molecule is CCOc1ccc(CC(CNC(=O)c2ccc(CNC(C)=O)cc2)C(=O)O)cc1. The van der Waals surface area contributed by atoms with E-state index in [9.17, 15) is 19.5 Å². The lowest BCUT2D eigenvalue weighted by Gasteiger charge is -2.14. The Labute approximate surface area is 170 Å². The van der Waals surface area contributed by atoms with Crippen molar-refractivity contribution in [3.8, 4) is 5.75 Å². The third-order valence-corrected chi connectivity index (χ3v) is 4.33. The van der Waals surface area contributed by atoms with E-state index in [1.54, 1.807) is 36.4 Å². The van der Waals surface area contributed by atoms with Crippen molar-refractivity contribution >= 4 is 17.8 Å². The van der Waals surface area contributed by atoms with Gasteiger partial charge in [-0.05, 0) is 48.7 Å². The first-order valence-corrected chi connectivity index (χ1v) is 9.45. The number of carbonyl (C=O) groups is 3. The Balaban J connectivity index is 1.91. The van der Waals surface area contributed by atoms with Crippen LogP contribution in [0.25, 0.3) is 0 Å². The first kappa shape index (κ1) is 21.9. The highest BCUT2D eigenvalue weighted by Crippen LogP contribution is 2.15. The fourth-order valence-electron chi connectivity index (χ4n) is 2.74. The lowest BCUT2D eigenvalue weighted by Crippen LogP contribution is -2.34. The summed E-state index contributed by atoms with van der Waals surface area (Å²) in [4.78, 5) is 34.9. The number of hydrogen-bond acceptors (Lipinski definition) is 4. The van der Waals surface area contributed by atoms with E-state index in [1.165, 1.54) is 6.92 Å². The van der Waals surface area contributed by atoms with E-state index in [0.29, 0.717) is 25.1 Å². The van der Waals surface area contributed by atoms with E-state index >= 15 is 0 Å². The minimum absolute atomic E-state index is 0.0228. The molecule has 2 rings (SSSR count). The molecule has 0 radical (unpaired) electrons. The third-order valence-electron chi connectivity index (χ3n) is 4.33. The summed E-state index contributed by atoms with van der Waals surface area (Å²) in [6, 6.07) is 14.1. The van der Waals surface area contributed by atoms with Gasteiger partial charge >= 0.3 is 5.97 Å². The second-order valence-electron chi connectivity index (χ2n) is 6.63. The van der Waals surface area contributed by atoms with Crippen molar-refractivity contribution in [1.82, 2.24) is 10.6 Å². The predicted octanol–water partition coefficient (Wildman–Crippen LogP) is 2.39. The maximum absolute atomic E-state index is 12.3. The highest BCUT2D eigenvalue weighted by molar-refractivity contribution is 5.94. The van der Waals surface area contributed by atoms with Crippen LogP contribution in [0.2, 0.25) is 0 Å². The summed E-state index contributed by atoms with van der Waals surface area (Å²) in [5, 5.41) is 14.9. The largest absolute Gasteiger partial charge is 0.494 e. The topological polar surface area (TPSA) is 105 Å². The third kappa shape index (κ3) is 7.29. The maximum atomic E-state index is 12.3. The standard InChI is InChI=1S/C22H26N2O5/c1-3-29-20-10-6-16(7-11-20)12-19(22(27)28)14-24-21(26)18-8-4-17(5-9-18)13-23-15(2)25/h4-11,19H,3,12-14H2,1-2H3,(H,23,25)(H,24,26)(H,27,28). The maximum Gasteiger partial charge on any atom is 0.308 e. The number of rotatable bonds is 10. The van der Waals surface area contributed by atoms with Gasteiger partial charge in [-0.3, -0.25) is 14.4 Å². The smallest absolute Gasteiger partial charge is 0.308 e. The Hall–Kier alpha value is -3.35. The van der Waals surface area contributed by atoms with Crippen LogP contribution in [-0.2, 0) is 22.6 Å². The fraction of sp³-hybridized carbons (Fsp3) is 0.318. The Morgan fingerprint density at radius 3 is 2.14 bits per heavy atom. The van der Waals surface area contributed by atoms with Crippen molar-refractivity contribution in [3.05, 3.63) is 65.2 Å². The number of benzene rings is 2. The molecule has 154 valence electrons. The minimum atomic E-state index is -0.968. The van der Waals surface area contributed by atoms with Gasteiger partial charge in [-0.1, -0.05) is 24.3 Å². The van der Waals surface area contributed by atoms with Crippen molar-refractivity contribution in [2.75, 3.05) is 13.2 Å². The fourth-order valence-corrected chi connectivity index (χ4v) is 2.74. The molecule has 1 atom stereocenters. The first-order valence-electron chi connectivity index (χ1n) is 9.45. The Morgan fingerprint density at radius 2 is 1.59 bits per heavy atom. The lowest BCUT2D eigenvalue weighted by molar-refractivity contribution is -0.141. The number of carbonyl (C=O) groups excluding carboxylic acids is 2. The molecule has 0 aliphatic rings. The van der Waals surface area contributed by atoms with E-state index in [2.05, 4.69) is 10.6 Å². The summed E-state index contributed by atoms with van der Waals surface area (Å²) >= 11 is 0. The van der Waals surface area contributed by atoms with Gasteiger partial charge in [0.1, 0.15) is 5.75 Å². The molecular weight excluding hydrogens is 372 g/mol. The highest BCUT2D eigenvalue weighted by atomic mass is 16.5. The molecule has 7 nitrogen and oxygen atoms in total. The van der Waals surface area contributed by atoms with E-state index in [0.717, 1.165) is 16.9 Å². The highest BCUT2D eigenvalue weighted by Gasteiger charge is 2.19. The second-order valence-corrected chi connectivity index (χ2v) is 6.63. The molecule has 0 bridgehead atoms. The summed E-state index contributed by atoms with van der Waals surface area (Å²) < 4.78 is 5.38. The number of aliphatic carboxylic acids is 1. The summed E-state index contributed by atoms with van der Waals surface area (Å²) in [6.07, 6.45) is 0.303. The second kappa shape index (κ2) is 10.8. The van der Waals surface area contributed by atoms with E-state index < -0.39 is 11.9 Å². The number of carboxylic acid groups (broad SMARTS) is 1. The van der Waals surface area contributed by atoms with Gasteiger partial charge in [0.25, 0.3) is 5.91 Å². The van der Waals surface area contributed by atoms with Crippen molar-refractivity contribution in [1.29, 1.82) is 0 Å². The zero-order valence-corrected chi connectivity index (χ0v) is 16.6. The van der Waals surface area contributed by atoms with Gasteiger partial charge in [0.15, 0.2) is 0 Å². The molecule has 0 aromatic heterocycles. The minimum Gasteiger partial charge on any atom is -0.494 e. The van der Waals surface area contributed by atoms with E-state index in [1.807, 2.05) is 19.1 Å². The Morgan fingerprint density at radius 1 is 0.966 bits per heavy atom. The van der Waals surface area contributed by atoms with Crippen molar-refractivity contribution < 1.29 is 24.2 Å². The average molecular weight is 398 g/mol. The number of nitrogens with one attached hydrogen (secondary N) is 2. The van der Waals surface area contributed by atoms with Crippen molar-refractivity contribution in [3.63, 3.8) is 0 Å². The molecule has 0 aliphatic carbocycles. The average Bonchev–Trinajstić information content (AvgIpc) is 2.71. The molecule has 0 spiro atoms. The van der Waals surface area contributed by atoms with Gasteiger partial charge in [-0.25, -0.2) is 0 Å².